The van der Waals surface area contributed by atoms with Crippen LogP contribution in [0, 0.1) is 0 Å². The highest BCUT2D eigenvalue weighted by atomic mass is 35.5. The minimum Gasteiger partial charge on any atom is -0.330 e. The summed E-state index contributed by atoms with van der Waals surface area (Å²) in [5.74, 6) is 0. The van der Waals surface area contributed by atoms with Gasteiger partial charge in [0.05, 0.1) is 9.72 Å². The first kappa shape index (κ1) is 9.00. The second kappa shape index (κ2) is 3.66. The second-order valence-corrected chi connectivity index (χ2v) is 4.20. The Labute approximate surface area is 86.1 Å². The molecule has 0 radical (unpaired) electrons. The molecule has 0 aliphatic carbocycles. The lowest BCUT2D eigenvalue weighted by atomic mass is 10.1. The highest BCUT2D eigenvalue weighted by molar-refractivity contribution is 7.18. The normalized spacial score (nSPS) is 10.9. The first-order chi connectivity index (χ1) is 6.33. The topological polar surface area (TPSA) is 26.0 Å². The predicted octanol–water partition coefficient (Wildman–Crippen LogP) is 3.06. The van der Waals surface area contributed by atoms with E-state index in [0.29, 0.717) is 6.54 Å². The number of hydrogen-bond donors (Lipinski definition) is 1. The maximum absolute atomic E-state index is 6.05. The molecule has 0 unspecified atom stereocenters. The smallest absolute Gasteiger partial charge is 0.0584 e. The molecule has 0 bridgehead atoms. The second-order valence-electron chi connectivity index (χ2n) is 2.92. The largest absolute Gasteiger partial charge is 0.330 e. The molecule has 0 aliphatic rings. The number of benzene rings is 1. The number of halogens is 1. The Morgan fingerprint density at radius 2 is 2.23 bits per heavy atom. The zero-order valence-electron chi connectivity index (χ0n) is 7.09. The first-order valence-corrected chi connectivity index (χ1v) is 5.43. The summed E-state index contributed by atoms with van der Waals surface area (Å²) in [6.07, 6.45) is 0.931. The molecule has 0 atom stereocenters. The van der Waals surface area contributed by atoms with Crippen molar-refractivity contribution in [3.05, 3.63) is 34.2 Å². The Kier molecular flexibility index (Phi) is 2.54. The number of fused-ring (bicyclic) bond motifs is 1. The third-order valence-electron chi connectivity index (χ3n) is 2.05. The number of nitrogens with two attached hydrogens (primary N) is 1. The van der Waals surface area contributed by atoms with Crippen molar-refractivity contribution >= 4 is 33.0 Å². The van der Waals surface area contributed by atoms with Gasteiger partial charge in [0.1, 0.15) is 0 Å². The minimum atomic E-state index is 0.693. The molecular weight excluding hydrogens is 202 g/mol. The van der Waals surface area contributed by atoms with Gasteiger partial charge in [-0.15, -0.1) is 11.3 Å². The number of thiophene rings is 1. The lowest BCUT2D eigenvalue weighted by Gasteiger charge is -1.96. The SMILES string of the molecule is NCCc1csc2c(Cl)cccc12. The molecule has 0 spiro atoms. The van der Waals surface area contributed by atoms with Crippen molar-refractivity contribution in [1.82, 2.24) is 0 Å². The van der Waals surface area contributed by atoms with Gasteiger partial charge in [0.15, 0.2) is 0 Å². The zero-order valence-corrected chi connectivity index (χ0v) is 8.66. The van der Waals surface area contributed by atoms with Crippen molar-refractivity contribution in [3.63, 3.8) is 0 Å². The van der Waals surface area contributed by atoms with Gasteiger partial charge < -0.3 is 5.73 Å². The molecule has 1 aromatic carbocycles. The van der Waals surface area contributed by atoms with Crippen LogP contribution in [0.3, 0.4) is 0 Å². The Hall–Kier alpha value is -0.570. The molecule has 1 aromatic heterocycles. The van der Waals surface area contributed by atoms with Crippen molar-refractivity contribution in [2.75, 3.05) is 6.54 Å². The van der Waals surface area contributed by atoms with Crippen LogP contribution in [0.4, 0.5) is 0 Å². The van der Waals surface area contributed by atoms with Crippen LogP contribution in [0.2, 0.25) is 5.02 Å². The van der Waals surface area contributed by atoms with Crippen LogP contribution < -0.4 is 5.73 Å². The summed E-state index contributed by atoms with van der Waals surface area (Å²) < 4.78 is 1.17. The van der Waals surface area contributed by atoms with E-state index in [-0.39, 0.29) is 0 Å². The molecule has 1 nitrogen and oxygen atoms in total. The molecule has 0 amide bonds. The molecule has 68 valence electrons. The van der Waals surface area contributed by atoms with Crippen LogP contribution in [0.1, 0.15) is 5.56 Å². The standard InChI is InChI=1S/C10H10ClNS/c11-9-3-1-2-8-7(4-5-12)6-13-10(8)9/h1-3,6H,4-5,12H2. The number of hydrogen-bond acceptors (Lipinski definition) is 2. The zero-order chi connectivity index (χ0) is 9.26. The van der Waals surface area contributed by atoms with Crippen LogP contribution in [0.15, 0.2) is 23.6 Å². The van der Waals surface area contributed by atoms with Gasteiger partial charge in [-0.2, -0.15) is 0 Å². The molecule has 0 fully saturated rings. The van der Waals surface area contributed by atoms with Gasteiger partial charge in [-0.3, -0.25) is 0 Å². The Morgan fingerprint density at radius 1 is 1.38 bits per heavy atom. The Balaban J connectivity index is 2.61. The van der Waals surface area contributed by atoms with Crippen LogP contribution >= 0.6 is 22.9 Å². The molecular formula is C10H10ClNS. The van der Waals surface area contributed by atoms with Crippen molar-refractivity contribution in [3.8, 4) is 0 Å². The quantitative estimate of drug-likeness (QED) is 0.812. The predicted molar refractivity (Wildman–Crippen MR) is 59.6 cm³/mol. The van der Waals surface area contributed by atoms with E-state index >= 15 is 0 Å². The van der Waals surface area contributed by atoms with Gasteiger partial charge >= 0.3 is 0 Å². The summed E-state index contributed by atoms with van der Waals surface area (Å²) in [5, 5.41) is 4.23. The monoisotopic (exact) mass is 211 g/mol. The molecule has 2 rings (SSSR count). The van der Waals surface area contributed by atoms with E-state index in [1.807, 2.05) is 12.1 Å². The van der Waals surface area contributed by atoms with Crippen LogP contribution in [-0.4, -0.2) is 6.54 Å². The van der Waals surface area contributed by atoms with Gasteiger partial charge in [0, 0.05) is 0 Å². The van der Waals surface area contributed by atoms with E-state index in [9.17, 15) is 0 Å². The molecule has 3 heteroatoms. The van der Waals surface area contributed by atoms with Gasteiger partial charge in [-0.05, 0) is 35.4 Å². The van der Waals surface area contributed by atoms with Crippen LogP contribution in [0.5, 0.6) is 0 Å². The third-order valence-corrected chi connectivity index (χ3v) is 3.55. The fourth-order valence-corrected chi connectivity index (χ4v) is 2.74. The van der Waals surface area contributed by atoms with Crippen LogP contribution in [-0.2, 0) is 6.42 Å². The molecule has 0 aliphatic heterocycles. The van der Waals surface area contributed by atoms with E-state index in [2.05, 4.69) is 11.4 Å². The average Bonchev–Trinajstić information content (AvgIpc) is 2.51. The summed E-state index contributed by atoms with van der Waals surface area (Å²) in [6.45, 7) is 0.693. The maximum Gasteiger partial charge on any atom is 0.0584 e. The third kappa shape index (κ3) is 1.57. The molecule has 1 heterocycles. The first-order valence-electron chi connectivity index (χ1n) is 4.17. The minimum absolute atomic E-state index is 0.693. The van der Waals surface area contributed by atoms with E-state index in [1.54, 1.807) is 11.3 Å². The summed E-state index contributed by atoms with van der Waals surface area (Å²) >= 11 is 7.74. The lowest BCUT2D eigenvalue weighted by molar-refractivity contribution is 0.981. The fraction of sp³-hybridized carbons (Fsp3) is 0.200. The van der Waals surface area contributed by atoms with Crippen molar-refractivity contribution in [2.45, 2.75) is 6.42 Å². The van der Waals surface area contributed by atoms with Crippen molar-refractivity contribution in [2.24, 2.45) is 5.73 Å². The maximum atomic E-state index is 6.05. The molecule has 2 N–H and O–H groups in total. The van der Waals surface area contributed by atoms with Gasteiger partial charge in [0.25, 0.3) is 0 Å². The summed E-state index contributed by atoms with van der Waals surface area (Å²) in [5.41, 5.74) is 6.83. The van der Waals surface area contributed by atoms with Gasteiger partial charge in [-0.1, -0.05) is 23.7 Å². The lowest BCUT2D eigenvalue weighted by Crippen LogP contribution is -2.01. The molecule has 0 saturated heterocycles. The highest BCUT2D eigenvalue weighted by Gasteiger charge is 2.04. The van der Waals surface area contributed by atoms with Crippen molar-refractivity contribution in [1.29, 1.82) is 0 Å². The van der Waals surface area contributed by atoms with Gasteiger partial charge in [-0.25, -0.2) is 0 Å². The van der Waals surface area contributed by atoms with E-state index < -0.39 is 0 Å². The summed E-state index contributed by atoms with van der Waals surface area (Å²) in [7, 11) is 0. The summed E-state index contributed by atoms with van der Waals surface area (Å²) in [4.78, 5) is 0. The molecule has 13 heavy (non-hydrogen) atoms. The van der Waals surface area contributed by atoms with E-state index in [0.717, 1.165) is 11.4 Å². The van der Waals surface area contributed by atoms with E-state index in [4.69, 9.17) is 17.3 Å². The Bertz CT molecular complexity index is 422. The van der Waals surface area contributed by atoms with Gasteiger partial charge in [0.2, 0.25) is 0 Å². The number of rotatable bonds is 2. The van der Waals surface area contributed by atoms with E-state index in [1.165, 1.54) is 15.6 Å². The van der Waals surface area contributed by atoms with Crippen LogP contribution in [0.25, 0.3) is 10.1 Å². The molecule has 2 aromatic rings. The Morgan fingerprint density at radius 3 is 3.00 bits per heavy atom. The average molecular weight is 212 g/mol. The fourth-order valence-electron chi connectivity index (χ4n) is 1.42. The van der Waals surface area contributed by atoms with Crippen molar-refractivity contribution < 1.29 is 0 Å². The summed E-state index contributed by atoms with van der Waals surface area (Å²) in [6, 6.07) is 6.01. The highest BCUT2D eigenvalue weighted by Crippen LogP contribution is 2.31. The molecule has 0 saturated carbocycles.